The summed E-state index contributed by atoms with van der Waals surface area (Å²) in [6, 6.07) is 9.04. The highest BCUT2D eigenvalue weighted by Crippen LogP contribution is 2.23. The van der Waals surface area contributed by atoms with Crippen LogP contribution in [0.25, 0.3) is 0 Å². The number of benzene rings is 1. The molecule has 1 saturated heterocycles. The van der Waals surface area contributed by atoms with Gasteiger partial charge in [-0.3, -0.25) is 4.90 Å². The van der Waals surface area contributed by atoms with Crippen molar-refractivity contribution in [3.63, 3.8) is 0 Å². The molecule has 1 aromatic carbocycles. The molecule has 1 aliphatic rings. The van der Waals surface area contributed by atoms with Gasteiger partial charge in [-0.2, -0.15) is 0 Å². The predicted octanol–water partition coefficient (Wildman–Crippen LogP) is 2.79. The average Bonchev–Trinajstić information content (AvgIpc) is 2.48. The summed E-state index contributed by atoms with van der Waals surface area (Å²) in [7, 11) is 0. The van der Waals surface area contributed by atoms with E-state index in [4.69, 9.17) is 10.5 Å². The minimum atomic E-state index is 0.000495. The number of morpholine rings is 1. The van der Waals surface area contributed by atoms with Crippen LogP contribution < -0.4 is 5.73 Å². The molecule has 1 heterocycles. The van der Waals surface area contributed by atoms with Gasteiger partial charge in [0.25, 0.3) is 0 Å². The average molecular weight is 290 g/mol. The molecule has 0 aliphatic carbocycles. The summed E-state index contributed by atoms with van der Waals surface area (Å²) in [4.78, 5) is 2.46. The molecule has 1 fully saturated rings. The third-order valence-corrected chi connectivity index (χ3v) is 4.84. The molecule has 21 heavy (non-hydrogen) atoms. The molecular weight excluding hydrogens is 260 g/mol. The summed E-state index contributed by atoms with van der Waals surface area (Å²) >= 11 is 0. The molecular formula is C18H30N2O. The first-order chi connectivity index (χ1) is 9.91. The van der Waals surface area contributed by atoms with Gasteiger partial charge < -0.3 is 10.5 Å². The molecule has 1 unspecified atom stereocenters. The molecule has 0 aromatic heterocycles. The standard InChI is InChI=1S/C18H30N2O/c1-14(2)16-7-5-15(6-8-16)13-17(19)18(3,4)20-9-11-21-12-10-20/h5-8,14,17H,9-13,19H2,1-4H3. The minimum Gasteiger partial charge on any atom is -0.379 e. The second-order valence-corrected chi connectivity index (χ2v) is 6.96. The van der Waals surface area contributed by atoms with Crippen molar-refractivity contribution in [2.24, 2.45) is 5.73 Å². The topological polar surface area (TPSA) is 38.5 Å². The lowest BCUT2D eigenvalue weighted by molar-refractivity contribution is -0.0186. The molecule has 118 valence electrons. The Balaban J connectivity index is 2.00. The van der Waals surface area contributed by atoms with Gasteiger partial charge in [-0.05, 0) is 37.3 Å². The lowest BCUT2D eigenvalue weighted by atomic mass is 9.87. The summed E-state index contributed by atoms with van der Waals surface area (Å²) in [5, 5.41) is 0. The molecule has 1 atom stereocenters. The smallest absolute Gasteiger partial charge is 0.0594 e. The van der Waals surface area contributed by atoms with Gasteiger partial charge in [0.2, 0.25) is 0 Å². The number of hydrogen-bond acceptors (Lipinski definition) is 3. The van der Waals surface area contributed by atoms with Gasteiger partial charge in [0.05, 0.1) is 13.2 Å². The van der Waals surface area contributed by atoms with E-state index in [-0.39, 0.29) is 11.6 Å². The van der Waals surface area contributed by atoms with E-state index in [9.17, 15) is 0 Å². The van der Waals surface area contributed by atoms with Gasteiger partial charge in [-0.15, -0.1) is 0 Å². The molecule has 0 amide bonds. The maximum atomic E-state index is 6.53. The van der Waals surface area contributed by atoms with Crippen LogP contribution in [0, 0.1) is 0 Å². The quantitative estimate of drug-likeness (QED) is 0.906. The monoisotopic (exact) mass is 290 g/mol. The van der Waals surface area contributed by atoms with Crippen LogP contribution >= 0.6 is 0 Å². The summed E-state index contributed by atoms with van der Waals surface area (Å²) in [6.45, 7) is 12.6. The summed E-state index contributed by atoms with van der Waals surface area (Å²) in [5.41, 5.74) is 9.25. The molecule has 1 aliphatic heterocycles. The van der Waals surface area contributed by atoms with Crippen molar-refractivity contribution in [2.75, 3.05) is 26.3 Å². The zero-order valence-electron chi connectivity index (χ0n) is 13.9. The third kappa shape index (κ3) is 4.06. The third-order valence-electron chi connectivity index (χ3n) is 4.84. The van der Waals surface area contributed by atoms with Crippen molar-refractivity contribution in [1.29, 1.82) is 0 Å². The summed E-state index contributed by atoms with van der Waals surface area (Å²) < 4.78 is 5.45. The maximum absolute atomic E-state index is 6.53. The Kier molecular flexibility index (Phi) is 5.42. The normalized spacial score (nSPS) is 19.0. The number of ether oxygens (including phenoxy) is 1. The van der Waals surface area contributed by atoms with E-state index < -0.39 is 0 Å². The first kappa shape index (κ1) is 16.5. The number of rotatable bonds is 5. The van der Waals surface area contributed by atoms with Crippen molar-refractivity contribution in [3.05, 3.63) is 35.4 Å². The lowest BCUT2D eigenvalue weighted by Gasteiger charge is -2.44. The maximum Gasteiger partial charge on any atom is 0.0594 e. The van der Waals surface area contributed by atoms with Gasteiger partial charge in [-0.1, -0.05) is 38.1 Å². The Morgan fingerprint density at radius 2 is 1.71 bits per heavy atom. The molecule has 2 rings (SSSR count). The fourth-order valence-electron chi connectivity index (χ4n) is 2.92. The first-order valence-electron chi connectivity index (χ1n) is 8.08. The van der Waals surface area contributed by atoms with Gasteiger partial charge in [0.1, 0.15) is 0 Å². The zero-order chi connectivity index (χ0) is 15.5. The van der Waals surface area contributed by atoms with E-state index >= 15 is 0 Å². The van der Waals surface area contributed by atoms with Gasteiger partial charge in [0, 0.05) is 24.7 Å². The van der Waals surface area contributed by atoms with Crippen LogP contribution in [0.5, 0.6) is 0 Å². The Labute approximate surface area is 129 Å². The molecule has 3 heteroatoms. The Bertz CT molecular complexity index is 433. The van der Waals surface area contributed by atoms with Crippen molar-refractivity contribution in [1.82, 2.24) is 4.90 Å². The van der Waals surface area contributed by atoms with Crippen molar-refractivity contribution in [2.45, 2.75) is 51.6 Å². The minimum absolute atomic E-state index is 0.000495. The molecule has 1 aromatic rings. The summed E-state index contributed by atoms with van der Waals surface area (Å²) in [6.07, 6.45) is 0.919. The highest BCUT2D eigenvalue weighted by Gasteiger charge is 2.33. The summed E-state index contributed by atoms with van der Waals surface area (Å²) in [5.74, 6) is 0.581. The van der Waals surface area contributed by atoms with E-state index in [2.05, 4.69) is 56.9 Å². The highest BCUT2D eigenvalue weighted by atomic mass is 16.5. The predicted molar refractivity (Wildman–Crippen MR) is 88.7 cm³/mol. The van der Waals surface area contributed by atoms with Crippen LogP contribution in [0.3, 0.4) is 0 Å². The Hall–Kier alpha value is -0.900. The molecule has 3 nitrogen and oxygen atoms in total. The molecule has 0 spiro atoms. The number of nitrogens with two attached hydrogens (primary N) is 1. The van der Waals surface area contributed by atoms with Crippen LogP contribution in [0.1, 0.15) is 44.7 Å². The van der Waals surface area contributed by atoms with E-state index in [0.29, 0.717) is 5.92 Å². The van der Waals surface area contributed by atoms with E-state index in [1.54, 1.807) is 0 Å². The lowest BCUT2D eigenvalue weighted by Crippen LogP contribution is -2.59. The second kappa shape index (κ2) is 6.91. The Morgan fingerprint density at radius 1 is 1.14 bits per heavy atom. The van der Waals surface area contributed by atoms with Crippen molar-refractivity contribution < 1.29 is 4.74 Å². The van der Waals surface area contributed by atoms with Gasteiger partial charge >= 0.3 is 0 Å². The number of hydrogen-bond donors (Lipinski definition) is 1. The first-order valence-corrected chi connectivity index (χ1v) is 8.08. The molecule has 0 saturated carbocycles. The van der Waals surface area contributed by atoms with Crippen molar-refractivity contribution in [3.8, 4) is 0 Å². The second-order valence-electron chi connectivity index (χ2n) is 6.96. The van der Waals surface area contributed by atoms with Crippen LogP contribution in [0.4, 0.5) is 0 Å². The largest absolute Gasteiger partial charge is 0.379 e. The van der Waals surface area contributed by atoms with E-state index in [0.717, 1.165) is 32.7 Å². The van der Waals surface area contributed by atoms with E-state index in [1.807, 2.05) is 0 Å². The van der Waals surface area contributed by atoms with Crippen LogP contribution in [0.15, 0.2) is 24.3 Å². The fraction of sp³-hybridized carbons (Fsp3) is 0.667. The number of nitrogens with zero attached hydrogens (tertiary/aromatic N) is 1. The Morgan fingerprint density at radius 3 is 2.24 bits per heavy atom. The molecule has 0 radical (unpaired) electrons. The SMILES string of the molecule is CC(C)c1ccc(CC(N)C(C)(C)N2CCOCC2)cc1. The van der Waals surface area contributed by atoms with Crippen LogP contribution in [-0.4, -0.2) is 42.8 Å². The van der Waals surface area contributed by atoms with Gasteiger partial charge in [0.15, 0.2) is 0 Å². The van der Waals surface area contributed by atoms with Crippen molar-refractivity contribution >= 4 is 0 Å². The van der Waals surface area contributed by atoms with Crippen LogP contribution in [0.2, 0.25) is 0 Å². The fourth-order valence-corrected chi connectivity index (χ4v) is 2.92. The molecule has 0 bridgehead atoms. The molecule has 2 N–H and O–H groups in total. The highest BCUT2D eigenvalue weighted by molar-refractivity contribution is 5.25. The zero-order valence-corrected chi connectivity index (χ0v) is 13.9. The van der Waals surface area contributed by atoms with Gasteiger partial charge in [-0.25, -0.2) is 0 Å². The van der Waals surface area contributed by atoms with E-state index in [1.165, 1.54) is 11.1 Å². The van der Waals surface area contributed by atoms with Crippen LogP contribution in [-0.2, 0) is 11.2 Å².